The maximum absolute atomic E-state index is 11.7. The molecular formula is C26H22N6O3. The van der Waals surface area contributed by atoms with Crippen molar-refractivity contribution in [3.8, 4) is 11.4 Å². The van der Waals surface area contributed by atoms with Crippen molar-refractivity contribution in [2.75, 3.05) is 36.1 Å². The molecule has 0 aliphatic carbocycles. The first kappa shape index (κ1) is 20.0. The quantitative estimate of drug-likeness (QED) is 0.396. The van der Waals surface area contributed by atoms with Gasteiger partial charge in [0.05, 0.1) is 36.7 Å². The van der Waals surface area contributed by atoms with Crippen LogP contribution in [0, 0.1) is 0 Å². The topological polar surface area (TPSA) is 99.5 Å². The molecule has 2 aromatic carbocycles. The third-order valence-corrected chi connectivity index (χ3v) is 6.98. The molecule has 1 fully saturated rings. The van der Waals surface area contributed by atoms with Crippen LogP contribution in [0.2, 0.25) is 0 Å². The molecule has 3 aromatic heterocycles. The van der Waals surface area contributed by atoms with E-state index < -0.39 is 6.09 Å². The molecule has 0 bridgehead atoms. The summed E-state index contributed by atoms with van der Waals surface area (Å²) in [6.07, 6.45) is 4.40. The van der Waals surface area contributed by atoms with Gasteiger partial charge < -0.3 is 24.6 Å². The minimum atomic E-state index is -1.00. The van der Waals surface area contributed by atoms with Gasteiger partial charge in [0.15, 0.2) is 11.6 Å². The first-order valence-corrected chi connectivity index (χ1v) is 11.6. The van der Waals surface area contributed by atoms with Crippen LogP contribution in [-0.2, 0) is 4.74 Å². The Kier molecular flexibility index (Phi) is 4.34. The zero-order valence-electron chi connectivity index (χ0n) is 18.8. The molecule has 7 rings (SSSR count). The second-order valence-corrected chi connectivity index (χ2v) is 8.86. The zero-order chi connectivity index (χ0) is 23.5. The van der Waals surface area contributed by atoms with Crippen LogP contribution >= 0.6 is 0 Å². The Bertz CT molecular complexity index is 1610. The predicted octanol–water partition coefficient (Wildman–Crippen LogP) is 4.46. The van der Waals surface area contributed by atoms with Crippen molar-refractivity contribution in [3.05, 3.63) is 67.1 Å². The number of hydrogen-bond acceptors (Lipinski definition) is 6. The van der Waals surface area contributed by atoms with E-state index in [0.29, 0.717) is 31.1 Å². The Hall–Kier alpha value is -4.37. The van der Waals surface area contributed by atoms with E-state index in [4.69, 9.17) is 14.7 Å². The lowest BCUT2D eigenvalue weighted by molar-refractivity contribution is 0.0945. The number of aromatic nitrogens is 4. The minimum absolute atomic E-state index is 0.124. The molecule has 0 saturated carbocycles. The molecule has 0 spiro atoms. The van der Waals surface area contributed by atoms with Crippen LogP contribution < -0.4 is 9.80 Å². The summed E-state index contributed by atoms with van der Waals surface area (Å²) in [7, 11) is 0. The van der Waals surface area contributed by atoms with Crippen LogP contribution in [0.15, 0.2) is 67.1 Å². The minimum Gasteiger partial charge on any atom is -0.464 e. The van der Waals surface area contributed by atoms with Crippen LogP contribution in [0.3, 0.4) is 0 Å². The van der Waals surface area contributed by atoms with Crippen molar-refractivity contribution < 1.29 is 14.6 Å². The monoisotopic (exact) mass is 466 g/mol. The number of H-pyrrole nitrogens is 1. The lowest BCUT2D eigenvalue weighted by Gasteiger charge is -2.45. The Balaban J connectivity index is 1.41. The molecule has 9 heteroatoms. The lowest BCUT2D eigenvalue weighted by atomic mass is 10.1. The molecule has 35 heavy (non-hydrogen) atoms. The first-order valence-electron chi connectivity index (χ1n) is 11.6. The molecule has 5 heterocycles. The number of benzene rings is 2. The maximum Gasteiger partial charge on any atom is 0.416 e. The molecule has 5 aromatic rings. The van der Waals surface area contributed by atoms with Crippen molar-refractivity contribution in [2.45, 2.75) is 6.04 Å². The third-order valence-electron chi connectivity index (χ3n) is 6.98. The van der Waals surface area contributed by atoms with E-state index in [2.05, 4.69) is 14.8 Å². The SMILES string of the molecule is O=C(O)n1ccc2c(N3CC4COCCN4c4nc(-c5cccc6[nH]ccc56)ncc43)cccc21. The summed E-state index contributed by atoms with van der Waals surface area (Å²) in [6.45, 7) is 2.71. The van der Waals surface area contributed by atoms with E-state index in [-0.39, 0.29) is 6.04 Å². The fourth-order valence-corrected chi connectivity index (χ4v) is 5.35. The molecule has 2 N–H and O–H groups in total. The van der Waals surface area contributed by atoms with Gasteiger partial charge in [0.2, 0.25) is 0 Å². The van der Waals surface area contributed by atoms with Gasteiger partial charge in [0, 0.05) is 47.3 Å². The van der Waals surface area contributed by atoms with Crippen LogP contribution in [0.4, 0.5) is 22.0 Å². The van der Waals surface area contributed by atoms with E-state index in [1.165, 1.54) is 4.57 Å². The van der Waals surface area contributed by atoms with E-state index in [1.807, 2.05) is 60.9 Å². The van der Waals surface area contributed by atoms with E-state index >= 15 is 0 Å². The summed E-state index contributed by atoms with van der Waals surface area (Å²) in [5, 5.41) is 11.5. The van der Waals surface area contributed by atoms with Gasteiger partial charge in [-0.05, 0) is 30.3 Å². The van der Waals surface area contributed by atoms with Crippen molar-refractivity contribution >= 4 is 45.1 Å². The molecular weight excluding hydrogens is 444 g/mol. The highest BCUT2D eigenvalue weighted by atomic mass is 16.5. The van der Waals surface area contributed by atoms with Crippen LogP contribution in [0.25, 0.3) is 33.2 Å². The fourth-order valence-electron chi connectivity index (χ4n) is 5.35. The predicted molar refractivity (Wildman–Crippen MR) is 134 cm³/mol. The van der Waals surface area contributed by atoms with Crippen LogP contribution in [0.5, 0.6) is 0 Å². The average Bonchev–Trinajstić information content (AvgIpc) is 3.55. The van der Waals surface area contributed by atoms with E-state index in [1.54, 1.807) is 6.20 Å². The zero-order valence-corrected chi connectivity index (χ0v) is 18.8. The molecule has 0 radical (unpaired) electrons. The van der Waals surface area contributed by atoms with Gasteiger partial charge in [-0.15, -0.1) is 0 Å². The molecule has 1 saturated heterocycles. The van der Waals surface area contributed by atoms with Crippen molar-refractivity contribution in [1.29, 1.82) is 0 Å². The number of carbonyl (C=O) groups is 1. The Labute approximate surface area is 200 Å². The molecule has 2 aliphatic heterocycles. The number of carboxylic acid groups (broad SMARTS) is 1. The highest BCUT2D eigenvalue weighted by Gasteiger charge is 2.36. The molecule has 2 aliphatic rings. The van der Waals surface area contributed by atoms with Crippen molar-refractivity contribution in [1.82, 2.24) is 19.5 Å². The fraction of sp³-hybridized carbons (Fsp3) is 0.192. The number of nitrogens with zero attached hydrogens (tertiary/aromatic N) is 5. The first-order chi connectivity index (χ1) is 17.2. The number of ether oxygens (including phenoxy) is 1. The van der Waals surface area contributed by atoms with Crippen LogP contribution in [0.1, 0.15) is 0 Å². The molecule has 174 valence electrons. The van der Waals surface area contributed by atoms with Gasteiger partial charge >= 0.3 is 6.09 Å². The van der Waals surface area contributed by atoms with Gasteiger partial charge in [-0.3, -0.25) is 4.57 Å². The van der Waals surface area contributed by atoms with Gasteiger partial charge in [0.25, 0.3) is 0 Å². The largest absolute Gasteiger partial charge is 0.464 e. The number of aromatic amines is 1. The second-order valence-electron chi connectivity index (χ2n) is 8.86. The summed E-state index contributed by atoms with van der Waals surface area (Å²) in [5.41, 5.74) is 4.51. The smallest absolute Gasteiger partial charge is 0.416 e. The number of fused-ring (bicyclic) bond motifs is 5. The highest BCUT2D eigenvalue weighted by molar-refractivity contribution is 6.00. The Morgan fingerprint density at radius 1 is 1.09 bits per heavy atom. The number of morpholine rings is 1. The summed E-state index contributed by atoms with van der Waals surface area (Å²) in [5.74, 6) is 1.55. The number of rotatable bonds is 2. The second kappa shape index (κ2) is 7.57. The molecule has 1 atom stereocenters. The number of anilines is 3. The maximum atomic E-state index is 11.7. The standard InChI is InChI=1S/C26H22N6O3/c33-26(34)31-10-8-19-21(31)5-2-6-22(19)32-14-16-15-35-12-11-30(16)25-23(32)13-28-24(29-25)18-3-1-4-20-17(18)7-9-27-20/h1-10,13,16,27H,11-12,14-15H2,(H,33,34). The summed E-state index contributed by atoms with van der Waals surface area (Å²) in [6, 6.07) is 15.9. The van der Waals surface area contributed by atoms with E-state index in [0.717, 1.165) is 45.6 Å². The normalized spacial score (nSPS) is 17.5. The van der Waals surface area contributed by atoms with E-state index in [9.17, 15) is 9.90 Å². The number of nitrogens with one attached hydrogen (secondary N) is 1. The lowest BCUT2D eigenvalue weighted by Crippen LogP contribution is -2.54. The van der Waals surface area contributed by atoms with Crippen molar-refractivity contribution in [2.24, 2.45) is 0 Å². The Morgan fingerprint density at radius 2 is 2.00 bits per heavy atom. The van der Waals surface area contributed by atoms with Crippen LogP contribution in [-0.4, -0.2) is 63.1 Å². The van der Waals surface area contributed by atoms with Gasteiger partial charge in [0.1, 0.15) is 5.69 Å². The van der Waals surface area contributed by atoms with Crippen molar-refractivity contribution in [3.63, 3.8) is 0 Å². The molecule has 0 amide bonds. The molecule has 1 unspecified atom stereocenters. The van der Waals surface area contributed by atoms with Gasteiger partial charge in [-0.2, -0.15) is 0 Å². The number of hydrogen-bond donors (Lipinski definition) is 2. The Morgan fingerprint density at radius 3 is 2.91 bits per heavy atom. The molecule has 9 nitrogen and oxygen atoms in total. The third kappa shape index (κ3) is 3.01. The highest BCUT2D eigenvalue weighted by Crippen LogP contribution is 2.42. The van der Waals surface area contributed by atoms with Gasteiger partial charge in [-0.1, -0.05) is 18.2 Å². The summed E-state index contributed by atoms with van der Waals surface area (Å²) < 4.78 is 7.07. The van der Waals surface area contributed by atoms with Gasteiger partial charge in [-0.25, -0.2) is 14.8 Å². The summed E-state index contributed by atoms with van der Waals surface area (Å²) in [4.78, 5) is 29.4. The average molecular weight is 467 g/mol. The summed E-state index contributed by atoms with van der Waals surface area (Å²) >= 11 is 0.